The summed E-state index contributed by atoms with van der Waals surface area (Å²) >= 11 is 1.23. The molecule has 0 atom stereocenters. The largest absolute Gasteiger partial charge is 0.481 e. The van der Waals surface area contributed by atoms with E-state index in [2.05, 4.69) is 12.1 Å². The molecule has 3 aromatic carbocycles. The summed E-state index contributed by atoms with van der Waals surface area (Å²) in [6.07, 6.45) is 0. The lowest BCUT2D eigenvalue weighted by Gasteiger charge is -2.13. The van der Waals surface area contributed by atoms with Gasteiger partial charge in [0.1, 0.15) is 0 Å². The van der Waals surface area contributed by atoms with Crippen molar-refractivity contribution >= 4 is 17.7 Å². The molecule has 0 aliphatic rings. The van der Waals surface area contributed by atoms with Crippen LogP contribution < -0.4 is 0 Å². The Morgan fingerprint density at radius 1 is 0.821 bits per heavy atom. The molecule has 0 aliphatic heterocycles. The molecule has 0 unspecified atom stereocenters. The molecule has 4 rings (SSSR count). The Morgan fingerprint density at radius 2 is 1.36 bits per heavy atom. The lowest BCUT2D eigenvalue weighted by molar-refractivity contribution is -0.133. The third kappa shape index (κ3) is 3.70. The zero-order valence-corrected chi connectivity index (χ0v) is 15.8. The van der Waals surface area contributed by atoms with Gasteiger partial charge in [-0.05, 0) is 12.1 Å². The number of hydrogen-bond acceptors (Lipinski definition) is 3. The van der Waals surface area contributed by atoms with E-state index in [1.807, 2.05) is 83.4 Å². The minimum absolute atomic E-state index is 0.0493. The normalized spacial score (nSPS) is 10.7. The Kier molecular flexibility index (Phi) is 5.26. The quantitative estimate of drug-likeness (QED) is 0.452. The predicted octanol–water partition coefficient (Wildman–Crippen LogP) is 5.38. The third-order valence-electron chi connectivity index (χ3n) is 4.28. The van der Waals surface area contributed by atoms with Crippen molar-refractivity contribution in [2.24, 2.45) is 0 Å². The first-order valence-electron chi connectivity index (χ1n) is 8.87. The van der Waals surface area contributed by atoms with E-state index in [4.69, 9.17) is 4.98 Å². The van der Waals surface area contributed by atoms with Crippen molar-refractivity contribution in [1.82, 2.24) is 9.55 Å². The highest BCUT2D eigenvalue weighted by Crippen LogP contribution is 2.38. The number of benzene rings is 3. The standard InChI is InChI=1S/C23H18N2O2S/c26-20(27)16-28-23-24-21(17-10-4-1-5-11-17)22(18-12-6-2-7-13-18)25(23)19-14-8-3-9-15-19/h1-15H,16H2,(H,26,27). The molecular weight excluding hydrogens is 368 g/mol. The number of para-hydroxylation sites is 1. The van der Waals surface area contributed by atoms with Crippen LogP contribution in [-0.4, -0.2) is 26.4 Å². The molecule has 0 aliphatic carbocycles. The van der Waals surface area contributed by atoms with E-state index >= 15 is 0 Å². The van der Waals surface area contributed by atoms with Crippen LogP contribution in [0.1, 0.15) is 0 Å². The fraction of sp³-hybridized carbons (Fsp3) is 0.0435. The van der Waals surface area contributed by atoms with Crippen molar-refractivity contribution in [3.8, 4) is 28.2 Å². The first-order chi connectivity index (χ1) is 13.7. The van der Waals surface area contributed by atoms with Gasteiger partial charge in [-0.15, -0.1) is 0 Å². The molecule has 0 saturated heterocycles. The number of carboxylic acids is 1. The average Bonchev–Trinajstić information content (AvgIpc) is 3.14. The van der Waals surface area contributed by atoms with Crippen LogP contribution in [0.2, 0.25) is 0 Å². The Labute approximate surface area is 167 Å². The Hall–Kier alpha value is -3.31. The van der Waals surface area contributed by atoms with E-state index in [0.717, 1.165) is 28.2 Å². The monoisotopic (exact) mass is 386 g/mol. The van der Waals surface area contributed by atoms with Gasteiger partial charge in [-0.2, -0.15) is 0 Å². The van der Waals surface area contributed by atoms with Crippen LogP contribution in [0, 0.1) is 0 Å². The molecule has 28 heavy (non-hydrogen) atoms. The SMILES string of the molecule is O=C(O)CSc1nc(-c2ccccc2)c(-c2ccccc2)n1-c1ccccc1. The fourth-order valence-electron chi connectivity index (χ4n) is 3.10. The second kappa shape index (κ2) is 8.15. The molecule has 1 heterocycles. The maximum Gasteiger partial charge on any atom is 0.313 e. The van der Waals surface area contributed by atoms with Gasteiger partial charge < -0.3 is 5.11 Å². The summed E-state index contributed by atoms with van der Waals surface area (Å²) in [5, 5.41) is 9.85. The summed E-state index contributed by atoms with van der Waals surface area (Å²) in [6, 6.07) is 30.0. The van der Waals surface area contributed by atoms with Crippen molar-refractivity contribution in [2.45, 2.75) is 5.16 Å². The molecule has 4 nitrogen and oxygen atoms in total. The van der Waals surface area contributed by atoms with Gasteiger partial charge in [0.25, 0.3) is 0 Å². The van der Waals surface area contributed by atoms with Crippen LogP contribution in [0.5, 0.6) is 0 Å². The van der Waals surface area contributed by atoms with E-state index in [1.165, 1.54) is 11.8 Å². The number of carboxylic acid groups (broad SMARTS) is 1. The smallest absolute Gasteiger partial charge is 0.313 e. The van der Waals surface area contributed by atoms with Crippen LogP contribution in [0.4, 0.5) is 0 Å². The summed E-state index contributed by atoms with van der Waals surface area (Å²) in [4.78, 5) is 16.1. The number of aromatic nitrogens is 2. The third-order valence-corrected chi connectivity index (χ3v) is 5.20. The first-order valence-corrected chi connectivity index (χ1v) is 9.86. The molecule has 0 amide bonds. The Bertz CT molecular complexity index is 1080. The molecule has 5 heteroatoms. The molecule has 0 fully saturated rings. The number of rotatable bonds is 6. The predicted molar refractivity (Wildman–Crippen MR) is 113 cm³/mol. The second-order valence-corrected chi connectivity index (χ2v) is 7.12. The summed E-state index contributed by atoms with van der Waals surface area (Å²) in [7, 11) is 0. The van der Waals surface area contributed by atoms with Crippen LogP contribution in [0.3, 0.4) is 0 Å². The summed E-state index contributed by atoms with van der Waals surface area (Å²) in [5.74, 6) is -0.915. The number of carbonyl (C=O) groups is 1. The maximum absolute atomic E-state index is 11.2. The van der Waals surface area contributed by atoms with Crippen molar-refractivity contribution in [1.29, 1.82) is 0 Å². The summed E-state index contributed by atoms with van der Waals surface area (Å²) in [5.41, 5.74) is 4.76. The van der Waals surface area contributed by atoms with Crippen molar-refractivity contribution < 1.29 is 9.90 Å². The van der Waals surface area contributed by atoms with E-state index in [0.29, 0.717) is 5.16 Å². The number of thioether (sulfide) groups is 1. The molecule has 0 saturated carbocycles. The van der Waals surface area contributed by atoms with Crippen LogP contribution in [0.25, 0.3) is 28.2 Å². The number of imidazole rings is 1. The first kappa shape index (κ1) is 18.1. The van der Waals surface area contributed by atoms with Crippen LogP contribution >= 0.6 is 11.8 Å². The zero-order valence-electron chi connectivity index (χ0n) is 15.0. The van der Waals surface area contributed by atoms with E-state index < -0.39 is 5.97 Å². The highest BCUT2D eigenvalue weighted by molar-refractivity contribution is 7.99. The average molecular weight is 386 g/mol. The van der Waals surface area contributed by atoms with Gasteiger partial charge in [0, 0.05) is 16.8 Å². The lowest BCUT2D eigenvalue weighted by atomic mass is 10.0. The van der Waals surface area contributed by atoms with Gasteiger partial charge in [0.15, 0.2) is 5.16 Å². The maximum atomic E-state index is 11.2. The van der Waals surface area contributed by atoms with E-state index in [9.17, 15) is 9.90 Å². The molecule has 0 radical (unpaired) electrons. The Balaban J connectivity index is 2.00. The van der Waals surface area contributed by atoms with Crippen LogP contribution in [-0.2, 0) is 4.79 Å². The van der Waals surface area contributed by atoms with Crippen LogP contribution in [0.15, 0.2) is 96.2 Å². The fourth-order valence-corrected chi connectivity index (χ4v) is 3.83. The molecule has 138 valence electrons. The molecule has 4 aromatic rings. The van der Waals surface area contributed by atoms with Gasteiger partial charge in [0.05, 0.1) is 17.1 Å². The highest BCUT2D eigenvalue weighted by atomic mass is 32.2. The molecular formula is C23H18N2O2S. The van der Waals surface area contributed by atoms with Gasteiger partial charge in [-0.25, -0.2) is 4.98 Å². The molecule has 0 spiro atoms. The van der Waals surface area contributed by atoms with Crippen molar-refractivity contribution in [3.05, 3.63) is 91.0 Å². The number of nitrogens with zero attached hydrogens (tertiary/aromatic N) is 2. The van der Waals surface area contributed by atoms with E-state index in [-0.39, 0.29) is 5.75 Å². The molecule has 1 N–H and O–H groups in total. The minimum atomic E-state index is -0.866. The lowest BCUT2D eigenvalue weighted by Crippen LogP contribution is -2.03. The summed E-state index contributed by atoms with van der Waals surface area (Å²) in [6.45, 7) is 0. The second-order valence-electron chi connectivity index (χ2n) is 6.18. The number of aliphatic carboxylic acids is 1. The van der Waals surface area contributed by atoms with Gasteiger partial charge in [-0.1, -0.05) is 90.6 Å². The topological polar surface area (TPSA) is 55.1 Å². The van der Waals surface area contributed by atoms with Crippen molar-refractivity contribution in [3.63, 3.8) is 0 Å². The van der Waals surface area contributed by atoms with Crippen molar-refractivity contribution in [2.75, 3.05) is 5.75 Å². The molecule has 0 bridgehead atoms. The minimum Gasteiger partial charge on any atom is -0.481 e. The number of hydrogen-bond donors (Lipinski definition) is 1. The summed E-state index contributed by atoms with van der Waals surface area (Å²) < 4.78 is 2.05. The highest BCUT2D eigenvalue weighted by Gasteiger charge is 2.21. The van der Waals surface area contributed by atoms with Gasteiger partial charge >= 0.3 is 5.97 Å². The van der Waals surface area contributed by atoms with Gasteiger partial charge in [-0.3, -0.25) is 9.36 Å². The van der Waals surface area contributed by atoms with E-state index in [1.54, 1.807) is 0 Å². The Morgan fingerprint density at radius 3 is 1.93 bits per heavy atom. The zero-order chi connectivity index (χ0) is 19.3. The molecule has 1 aromatic heterocycles. The van der Waals surface area contributed by atoms with Gasteiger partial charge in [0.2, 0.25) is 0 Å².